The van der Waals surface area contributed by atoms with Gasteiger partial charge < -0.3 is 9.64 Å². The van der Waals surface area contributed by atoms with Gasteiger partial charge in [-0.15, -0.1) is 0 Å². The summed E-state index contributed by atoms with van der Waals surface area (Å²) >= 11 is 0. The maximum absolute atomic E-state index is 12.6. The van der Waals surface area contributed by atoms with Crippen molar-refractivity contribution in [1.29, 1.82) is 0 Å². The lowest BCUT2D eigenvalue weighted by atomic mass is 9.98. The third kappa shape index (κ3) is 3.48. The first kappa shape index (κ1) is 15.4. The summed E-state index contributed by atoms with van der Waals surface area (Å²) in [5.41, 5.74) is 9.01. The highest BCUT2D eigenvalue weighted by molar-refractivity contribution is 6.25. The van der Waals surface area contributed by atoms with E-state index in [0.717, 1.165) is 47.7 Å². The number of carbonyl (C=O) groups is 1. The van der Waals surface area contributed by atoms with Gasteiger partial charge in [-0.05, 0) is 59.9 Å². The highest BCUT2D eigenvalue weighted by Crippen LogP contribution is 2.15. The largest absolute Gasteiger partial charge is 0.494 e. The molecule has 0 bridgehead atoms. The Morgan fingerprint density at radius 1 is 1.30 bits per heavy atom. The normalized spacial score (nSPS) is 15.8. The van der Waals surface area contributed by atoms with Crippen molar-refractivity contribution in [2.24, 2.45) is 5.11 Å². The van der Waals surface area contributed by atoms with Crippen LogP contribution in [0.4, 0.5) is 0 Å². The van der Waals surface area contributed by atoms with E-state index in [9.17, 15) is 4.79 Å². The third-order valence-corrected chi connectivity index (χ3v) is 4.22. The summed E-state index contributed by atoms with van der Waals surface area (Å²) in [4.78, 5) is 17.2. The van der Waals surface area contributed by atoms with Crippen molar-refractivity contribution in [3.8, 4) is 5.75 Å². The summed E-state index contributed by atoms with van der Waals surface area (Å²) in [6, 6.07) is 5.82. The molecule has 0 atom stereocenters. The van der Waals surface area contributed by atoms with Gasteiger partial charge in [-0.3, -0.25) is 4.79 Å². The van der Waals surface area contributed by atoms with Crippen molar-refractivity contribution >= 4 is 17.6 Å². The summed E-state index contributed by atoms with van der Waals surface area (Å²) in [6.45, 7) is 2.65. The minimum atomic E-state index is 0.137. The molecule has 2 aliphatic rings. The van der Waals surface area contributed by atoms with Gasteiger partial charge in [-0.25, -0.2) is 0 Å². The van der Waals surface area contributed by atoms with Crippen molar-refractivity contribution in [2.75, 3.05) is 26.2 Å². The van der Waals surface area contributed by atoms with Gasteiger partial charge >= 0.3 is 0 Å². The molecular formula is C17H20N4O2. The fourth-order valence-corrected chi connectivity index (χ4v) is 2.95. The quantitative estimate of drug-likeness (QED) is 0.347. The average molecular weight is 312 g/mol. The molecular weight excluding hydrogens is 292 g/mol. The summed E-state index contributed by atoms with van der Waals surface area (Å²) in [6.07, 6.45) is 6.04. The molecule has 1 fully saturated rings. The van der Waals surface area contributed by atoms with Crippen LogP contribution in [0.25, 0.3) is 22.1 Å². The van der Waals surface area contributed by atoms with Crippen LogP contribution in [0.1, 0.15) is 25.7 Å². The zero-order valence-electron chi connectivity index (χ0n) is 13.1. The summed E-state index contributed by atoms with van der Waals surface area (Å²) < 4.78 is 5.66. The lowest BCUT2D eigenvalue weighted by molar-refractivity contribution is -0.125. The van der Waals surface area contributed by atoms with Gasteiger partial charge in [0.1, 0.15) is 5.75 Å². The van der Waals surface area contributed by atoms with Gasteiger partial charge in [0.05, 0.1) is 6.61 Å². The van der Waals surface area contributed by atoms with E-state index in [1.54, 1.807) is 0 Å². The second-order valence-corrected chi connectivity index (χ2v) is 5.82. The number of amides is 1. The molecule has 120 valence electrons. The molecule has 6 heteroatoms. The van der Waals surface area contributed by atoms with E-state index in [1.165, 1.54) is 6.42 Å². The Bertz CT molecular complexity index is 759. The first-order valence-corrected chi connectivity index (χ1v) is 8.08. The Morgan fingerprint density at radius 2 is 2.13 bits per heavy atom. The molecule has 0 aromatic heterocycles. The molecule has 0 spiro atoms. The highest BCUT2D eigenvalue weighted by Gasteiger charge is 2.22. The Labute approximate surface area is 134 Å². The Hall–Kier alpha value is -2.46. The fraction of sp³-hybridized carbons (Fsp3) is 0.471. The number of rotatable bonds is 6. The monoisotopic (exact) mass is 312 g/mol. The number of benzene rings is 1. The smallest absolute Gasteiger partial charge is 0.254 e. The zero-order valence-corrected chi connectivity index (χ0v) is 13.1. The number of nitrogens with zero attached hydrogens (tertiary/aromatic N) is 4. The molecule has 1 aromatic rings. The van der Waals surface area contributed by atoms with Crippen LogP contribution in [0.15, 0.2) is 23.3 Å². The van der Waals surface area contributed by atoms with Crippen molar-refractivity contribution in [1.82, 2.24) is 4.90 Å². The Morgan fingerprint density at radius 3 is 2.91 bits per heavy atom. The lowest BCUT2D eigenvalue weighted by Gasteiger charge is -2.28. The molecule has 1 aromatic carbocycles. The molecule has 3 rings (SSSR count). The van der Waals surface area contributed by atoms with Crippen LogP contribution in [0, 0.1) is 0 Å². The standard InChI is InChI=1S/C17H20N4O2/c18-20-19-7-4-10-23-14-6-5-13-11-16(15(13)12-14)17(22)21-8-2-1-3-9-21/h5-6,11-12H,1-4,7-10H2. The van der Waals surface area contributed by atoms with E-state index in [1.807, 2.05) is 29.2 Å². The summed E-state index contributed by atoms with van der Waals surface area (Å²) in [5.74, 6) is 0.888. The number of piperidine rings is 1. The van der Waals surface area contributed by atoms with E-state index < -0.39 is 0 Å². The van der Waals surface area contributed by atoms with Crippen LogP contribution in [0.2, 0.25) is 0 Å². The molecule has 6 nitrogen and oxygen atoms in total. The Kier molecular flexibility index (Phi) is 4.83. The maximum atomic E-state index is 12.6. The molecule has 1 aliphatic heterocycles. The molecule has 0 N–H and O–H groups in total. The van der Waals surface area contributed by atoms with Crippen LogP contribution >= 0.6 is 0 Å². The number of carbonyl (C=O) groups excluding carboxylic acids is 1. The molecule has 0 saturated carbocycles. The highest BCUT2D eigenvalue weighted by atomic mass is 16.5. The molecule has 1 heterocycles. The average Bonchev–Trinajstić information content (AvgIpc) is 2.57. The third-order valence-electron chi connectivity index (χ3n) is 4.22. The van der Waals surface area contributed by atoms with Crippen LogP contribution in [-0.2, 0) is 4.79 Å². The second-order valence-electron chi connectivity index (χ2n) is 5.82. The maximum Gasteiger partial charge on any atom is 0.254 e. The number of fused-ring (bicyclic) bond motifs is 1. The molecule has 0 unspecified atom stereocenters. The number of ether oxygens (including phenoxy) is 1. The minimum absolute atomic E-state index is 0.137. The Balaban J connectivity index is 1.68. The molecule has 1 amide bonds. The number of azide groups is 1. The van der Waals surface area contributed by atoms with E-state index in [2.05, 4.69) is 10.0 Å². The van der Waals surface area contributed by atoms with Crippen LogP contribution < -0.4 is 15.2 Å². The minimum Gasteiger partial charge on any atom is -0.494 e. The first-order chi connectivity index (χ1) is 11.3. The van der Waals surface area contributed by atoms with Crippen molar-refractivity contribution in [3.63, 3.8) is 0 Å². The summed E-state index contributed by atoms with van der Waals surface area (Å²) in [5, 5.41) is 5.54. The predicted octanol–water partition coefficient (Wildman–Crippen LogP) is 1.72. The van der Waals surface area contributed by atoms with Crippen LogP contribution in [0.5, 0.6) is 5.75 Å². The predicted molar refractivity (Wildman–Crippen MR) is 88.1 cm³/mol. The topological polar surface area (TPSA) is 78.3 Å². The second kappa shape index (κ2) is 7.20. The van der Waals surface area contributed by atoms with Gasteiger partial charge in [-0.1, -0.05) is 11.2 Å². The van der Waals surface area contributed by atoms with E-state index >= 15 is 0 Å². The first-order valence-electron chi connectivity index (χ1n) is 8.08. The molecule has 1 saturated heterocycles. The fourth-order valence-electron chi connectivity index (χ4n) is 2.95. The summed E-state index contributed by atoms with van der Waals surface area (Å²) in [7, 11) is 0. The number of likely N-dealkylation sites (tertiary alicyclic amines) is 1. The van der Waals surface area contributed by atoms with Gasteiger partial charge in [0.2, 0.25) is 0 Å². The van der Waals surface area contributed by atoms with E-state index in [-0.39, 0.29) is 5.91 Å². The molecule has 23 heavy (non-hydrogen) atoms. The number of hydrogen-bond donors (Lipinski definition) is 0. The SMILES string of the molecule is [N-]=[N+]=NCCCOc1ccc2c(c1)=C(C(=O)N1CCCCC1)C=2. The molecule has 1 aliphatic carbocycles. The van der Waals surface area contributed by atoms with Crippen LogP contribution in [0.3, 0.4) is 0 Å². The van der Waals surface area contributed by atoms with Crippen molar-refractivity contribution < 1.29 is 9.53 Å². The van der Waals surface area contributed by atoms with Gasteiger partial charge in [-0.2, -0.15) is 0 Å². The van der Waals surface area contributed by atoms with E-state index in [0.29, 0.717) is 19.6 Å². The van der Waals surface area contributed by atoms with Gasteiger partial charge in [0.25, 0.3) is 5.91 Å². The number of hydrogen-bond acceptors (Lipinski definition) is 3. The van der Waals surface area contributed by atoms with E-state index in [4.69, 9.17) is 10.3 Å². The lowest BCUT2D eigenvalue weighted by Crippen LogP contribution is -2.44. The van der Waals surface area contributed by atoms with Gasteiger partial charge in [0.15, 0.2) is 0 Å². The molecule has 0 radical (unpaired) electrons. The van der Waals surface area contributed by atoms with Crippen molar-refractivity contribution in [2.45, 2.75) is 25.7 Å². The zero-order chi connectivity index (χ0) is 16.1. The van der Waals surface area contributed by atoms with Gasteiger partial charge in [0, 0.05) is 30.1 Å². The van der Waals surface area contributed by atoms with Crippen molar-refractivity contribution in [3.05, 3.63) is 39.1 Å². The van der Waals surface area contributed by atoms with Crippen LogP contribution in [-0.4, -0.2) is 37.0 Å².